The van der Waals surface area contributed by atoms with E-state index in [4.69, 9.17) is 4.74 Å². The number of anilines is 1. The summed E-state index contributed by atoms with van der Waals surface area (Å²) in [4.78, 5) is 50.9. The monoisotopic (exact) mass is 458 g/mol. The molecule has 12 heteroatoms. The van der Waals surface area contributed by atoms with Gasteiger partial charge in [-0.3, -0.25) is 24.4 Å². The lowest BCUT2D eigenvalue weighted by Crippen LogP contribution is -2.52. The second-order valence-corrected chi connectivity index (χ2v) is 7.56. The highest BCUT2D eigenvalue weighted by Gasteiger charge is 2.29. The summed E-state index contributed by atoms with van der Waals surface area (Å²) in [6, 6.07) is 4.79. The van der Waals surface area contributed by atoms with Crippen molar-refractivity contribution in [2.24, 2.45) is 0 Å². The Balaban J connectivity index is 1.64. The number of non-ortho nitro benzene ring substituents is 1. The number of carbonyl (C=O) groups is 3. The van der Waals surface area contributed by atoms with Gasteiger partial charge in [-0.25, -0.2) is 4.79 Å². The molecule has 1 atom stereocenters. The zero-order valence-corrected chi connectivity index (χ0v) is 18.7. The third kappa shape index (κ3) is 5.45. The molecule has 1 saturated heterocycles. The molecule has 12 nitrogen and oxygen atoms in total. The summed E-state index contributed by atoms with van der Waals surface area (Å²) in [5.41, 5.74) is 0.858. The van der Waals surface area contributed by atoms with Crippen LogP contribution in [0, 0.1) is 17.0 Å². The molecule has 0 spiro atoms. The molecular weight excluding hydrogens is 432 g/mol. The molecule has 3 rings (SSSR count). The maximum Gasteiger partial charge on any atom is 0.409 e. The molecule has 1 aromatic heterocycles. The minimum Gasteiger partial charge on any atom is -0.450 e. The fourth-order valence-corrected chi connectivity index (χ4v) is 3.46. The zero-order valence-electron chi connectivity index (χ0n) is 18.7. The molecule has 2 heterocycles. The summed E-state index contributed by atoms with van der Waals surface area (Å²) in [5, 5.41) is 18.0. The number of benzene rings is 1. The second-order valence-electron chi connectivity index (χ2n) is 7.56. The van der Waals surface area contributed by atoms with Crippen LogP contribution in [-0.2, 0) is 9.53 Å². The predicted octanol–water partition coefficient (Wildman–Crippen LogP) is 2.21. The quantitative estimate of drug-likeness (QED) is 0.517. The van der Waals surface area contributed by atoms with Gasteiger partial charge in [-0.15, -0.1) is 0 Å². The molecule has 1 fully saturated rings. The van der Waals surface area contributed by atoms with Crippen LogP contribution in [0.2, 0.25) is 0 Å². The first-order valence-corrected chi connectivity index (χ1v) is 10.5. The normalized spacial score (nSPS) is 14.5. The lowest BCUT2D eigenvalue weighted by molar-refractivity contribution is -0.384. The largest absolute Gasteiger partial charge is 0.450 e. The van der Waals surface area contributed by atoms with E-state index in [-0.39, 0.29) is 23.3 Å². The average molecular weight is 458 g/mol. The Morgan fingerprint density at radius 3 is 2.52 bits per heavy atom. The predicted molar refractivity (Wildman–Crippen MR) is 118 cm³/mol. The minimum absolute atomic E-state index is 0.139. The first kappa shape index (κ1) is 23.7. The number of nitro benzene ring substituents is 1. The molecule has 1 aromatic carbocycles. The number of aryl methyl sites for hydroxylation is 1. The van der Waals surface area contributed by atoms with Crippen LogP contribution >= 0.6 is 0 Å². The Labute approximate surface area is 190 Å². The van der Waals surface area contributed by atoms with Gasteiger partial charge in [0.25, 0.3) is 11.6 Å². The number of hydrogen-bond acceptors (Lipinski definition) is 7. The SMILES string of the molecule is CCOC(=O)N1CCN(C(=O)C(C)n2cc(NC(=O)c3cccc([N+](=O)[O-])c3)c(C)n2)CC1. The van der Waals surface area contributed by atoms with E-state index in [2.05, 4.69) is 10.4 Å². The van der Waals surface area contributed by atoms with Crippen LogP contribution in [-0.4, -0.2) is 75.2 Å². The van der Waals surface area contributed by atoms with Gasteiger partial charge in [-0.1, -0.05) is 6.07 Å². The van der Waals surface area contributed by atoms with E-state index in [1.807, 2.05) is 0 Å². The number of amides is 3. The van der Waals surface area contributed by atoms with Crippen LogP contribution in [0.3, 0.4) is 0 Å². The molecular formula is C21H26N6O6. The molecule has 1 aliphatic heterocycles. The van der Waals surface area contributed by atoms with Crippen molar-refractivity contribution >= 4 is 29.3 Å². The van der Waals surface area contributed by atoms with Gasteiger partial charge in [0.1, 0.15) is 6.04 Å². The van der Waals surface area contributed by atoms with E-state index in [1.54, 1.807) is 36.8 Å². The molecule has 1 aliphatic rings. The smallest absolute Gasteiger partial charge is 0.409 e. The molecule has 2 aromatic rings. The number of nitrogens with one attached hydrogen (secondary N) is 1. The highest BCUT2D eigenvalue weighted by Crippen LogP contribution is 2.20. The Morgan fingerprint density at radius 2 is 1.88 bits per heavy atom. The maximum absolute atomic E-state index is 12.9. The number of piperazine rings is 1. The van der Waals surface area contributed by atoms with Gasteiger partial charge in [0.05, 0.1) is 22.9 Å². The lowest BCUT2D eigenvalue weighted by Gasteiger charge is -2.35. The number of carbonyl (C=O) groups excluding carboxylic acids is 3. The Kier molecular flexibility index (Phi) is 7.26. The van der Waals surface area contributed by atoms with E-state index < -0.39 is 16.9 Å². The Hall–Kier alpha value is -3.96. The third-order valence-corrected chi connectivity index (χ3v) is 5.36. The molecule has 0 aliphatic carbocycles. The molecule has 0 bridgehead atoms. The van der Waals surface area contributed by atoms with Gasteiger partial charge in [-0.2, -0.15) is 5.10 Å². The van der Waals surface area contributed by atoms with E-state index in [9.17, 15) is 24.5 Å². The fourth-order valence-electron chi connectivity index (χ4n) is 3.46. The third-order valence-electron chi connectivity index (χ3n) is 5.36. The summed E-state index contributed by atoms with van der Waals surface area (Å²) >= 11 is 0. The first-order valence-electron chi connectivity index (χ1n) is 10.5. The van der Waals surface area contributed by atoms with Crippen molar-refractivity contribution in [2.45, 2.75) is 26.8 Å². The Morgan fingerprint density at radius 1 is 1.21 bits per heavy atom. The van der Waals surface area contributed by atoms with Crippen molar-refractivity contribution in [1.82, 2.24) is 19.6 Å². The standard InChI is InChI=1S/C21H26N6O6/c1-4-33-21(30)25-10-8-24(9-11-25)20(29)15(3)26-13-18(14(2)23-26)22-19(28)16-6-5-7-17(12-16)27(31)32/h5-7,12-13,15H,4,8-11H2,1-3H3,(H,22,28). The summed E-state index contributed by atoms with van der Waals surface area (Å²) in [5.74, 6) is -0.673. The van der Waals surface area contributed by atoms with Crippen molar-refractivity contribution in [3.8, 4) is 0 Å². The second kappa shape index (κ2) is 10.1. The fraction of sp³-hybridized carbons (Fsp3) is 0.429. The first-order chi connectivity index (χ1) is 15.7. The molecule has 3 amide bonds. The highest BCUT2D eigenvalue weighted by atomic mass is 16.6. The van der Waals surface area contributed by atoms with E-state index in [0.717, 1.165) is 0 Å². The van der Waals surface area contributed by atoms with Crippen LogP contribution in [0.1, 0.15) is 35.9 Å². The van der Waals surface area contributed by atoms with Crippen LogP contribution < -0.4 is 5.32 Å². The van der Waals surface area contributed by atoms with Gasteiger partial charge in [-0.05, 0) is 26.8 Å². The zero-order chi connectivity index (χ0) is 24.1. The van der Waals surface area contributed by atoms with Crippen LogP contribution in [0.15, 0.2) is 30.5 Å². The molecule has 0 radical (unpaired) electrons. The van der Waals surface area contributed by atoms with Gasteiger partial charge >= 0.3 is 6.09 Å². The summed E-state index contributed by atoms with van der Waals surface area (Å²) < 4.78 is 6.46. The number of nitrogens with zero attached hydrogens (tertiary/aromatic N) is 5. The number of nitro groups is 1. The van der Waals surface area contributed by atoms with E-state index in [0.29, 0.717) is 44.2 Å². The highest BCUT2D eigenvalue weighted by molar-refractivity contribution is 6.04. The van der Waals surface area contributed by atoms with Crippen molar-refractivity contribution in [1.29, 1.82) is 0 Å². The summed E-state index contributed by atoms with van der Waals surface area (Å²) in [7, 11) is 0. The molecule has 1 unspecified atom stereocenters. The topological polar surface area (TPSA) is 140 Å². The van der Waals surface area contributed by atoms with Crippen molar-refractivity contribution in [3.05, 3.63) is 51.8 Å². The van der Waals surface area contributed by atoms with Crippen LogP contribution in [0.25, 0.3) is 0 Å². The number of rotatable bonds is 6. The number of aromatic nitrogens is 2. The van der Waals surface area contributed by atoms with Gasteiger partial charge in [0, 0.05) is 50.1 Å². The molecule has 176 valence electrons. The van der Waals surface area contributed by atoms with Crippen molar-refractivity contribution in [2.75, 3.05) is 38.1 Å². The Bertz CT molecular complexity index is 1060. The lowest BCUT2D eigenvalue weighted by atomic mass is 10.2. The molecule has 0 saturated carbocycles. The minimum atomic E-state index is -0.624. The van der Waals surface area contributed by atoms with E-state index in [1.165, 1.54) is 28.9 Å². The van der Waals surface area contributed by atoms with E-state index >= 15 is 0 Å². The molecule has 1 N–H and O–H groups in total. The van der Waals surface area contributed by atoms with Crippen LogP contribution in [0.4, 0.5) is 16.2 Å². The van der Waals surface area contributed by atoms with Crippen LogP contribution in [0.5, 0.6) is 0 Å². The number of ether oxygens (including phenoxy) is 1. The van der Waals surface area contributed by atoms with Gasteiger partial charge < -0.3 is 19.9 Å². The molecule has 33 heavy (non-hydrogen) atoms. The maximum atomic E-state index is 12.9. The van der Waals surface area contributed by atoms with Gasteiger partial charge in [0.2, 0.25) is 5.91 Å². The van der Waals surface area contributed by atoms with Crippen molar-refractivity contribution < 1.29 is 24.0 Å². The number of hydrogen-bond donors (Lipinski definition) is 1. The van der Waals surface area contributed by atoms with Gasteiger partial charge in [0.15, 0.2) is 0 Å². The van der Waals surface area contributed by atoms with Crippen molar-refractivity contribution in [3.63, 3.8) is 0 Å². The summed E-state index contributed by atoms with van der Waals surface area (Å²) in [6.07, 6.45) is 1.17. The summed E-state index contributed by atoms with van der Waals surface area (Å²) in [6.45, 7) is 6.99. The average Bonchev–Trinajstić information content (AvgIpc) is 3.18.